The van der Waals surface area contributed by atoms with Crippen LogP contribution in [0.25, 0.3) is 0 Å². The number of nitrogens with zero attached hydrogens (tertiary/aromatic N) is 3. The van der Waals surface area contributed by atoms with Crippen molar-refractivity contribution in [2.24, 2.45) is 0 Å². The van der Waals surface area contributed by atoms with Crippen LogP contribution in [0, 0.1) is 6.92 Å². The minimum absolute atomic E-state index is 0.245. The lowest BCUT2D eigenvalue weighted by molar-refractivity contribution is 0.0240. The SMILES string of the molecule is Cc1ccc(Nc2cccc(N3CCN(C(=O)OC(C)(C)C)CC3)n2)cc1. The lowest BCUT2D eigenvalue weighted by atomic mass is 10.2. The number of hydrogen-bond donors (Lipinski definition) is 1. The van der Waals surface area contributed by atoms with Crippen molar-refractivity contribution < 1.29 is 9.53 Å². The summed E-state index contributed by atoms with van der Waals surface area (Å²) in [5.41, 5.74) is 1.77. The lowest BCUT2D eigenvalue weighted by Gasteiger charge is -2.36. The van der Waals surface area contributed by atoms with E-state index in [1.165, 1.54) is 5.56 Å². The number of rotatable bonds is 3. The predicted octanol–water partition coefficient (Wildman–Crippen LogP) is 4.19. The monoisotopic (exact) mass is 368 g/mol. The van der Waals surface area contributed by atoms with E-state index in [4.69, 9.17) is 9.72 Å². The maximum absolute atomic E-state index is 12.2. The molecule has 0 aliphatic carbocycles. The highest BCUT2D eigenvalue weighted by atomic mass is 16.6. The van der Waals surface area contributed by atoms with Crippen LogP contribution in [0.2, 0.25) is 0 Å². The Bertz CT molecular complexity index is 776. The van der Waals surface area contributed by atoms with Crippen LogP contribution in [0.1, 0.15) is 26.3 Å². The van der Waals surface area contributed by atoms with Crippen LogP contribution in [0.4, 0.5) is 22.1 Å². The molecule has 1 aliphatic rings. The Morgan fingerprint density at radius 1 is 1.04 bits per heavy atom. The van der Waals surface area contributed by atoms with Crippen LogP contribution >= 0.6 is 0 Å². The summed E-state index contributed by atoms with van der Waals surface area (Å²) in [7, 11) is 0. The maximum atomic E-state index is 12.2. The van der Waals surface area contributed by atoms with E-state index in [1.807, 2.05) is 51.1 Å². The summed E-state index contributed by atoms with van der Waals surface area (Å²) in [6, 6.07) is 14.2. The standard InChI is InChI=1S/C21H28N4O2/c1-16-8-10-17(11-9-16)22-18-6-5-7-19(23-18)24-12-14-25(15-13-24)20(26)27-21(2,3)4/h5-11H,12-15H2,1-4H3,(H,22,23). The van der Waals surface area contributed by atoms with Crippen LogP contribution in [0.15, 0.2) is 42.5 Å². The molecule has 1 aliphatic heterocycles. The number of nitrogens with one attached hydrogen (secondary N) is 1. The predicted molar refractivity (Wildman–Crippen MR) is 109 cm³/mol. The van der Waals surface area contributed by atoms with E-state index in [-0.39, 0.29) is 6.09 Å². The number of aromatic nitrogens is 1. The van der Waals surface area contributed by atoms with Crippen molar-refractivity contribution in [2.75, 3.05) is 36.4 Å². The Morgan fingerprint density at radius 3 is 2.33 bits per heavy atom. The second kappa shape index (κ2) is 7.86. The molecule has 3 rings (SSSR count). The average Bonchev–Trinajstić information content (AvgIpc) is 2.63. The molecule has 1 aromatic heterocycles. The van der Waals surface area contributed by atoms with Gasteiger partial charge in [0.1, 0.15) is 17.2 Å². The van der Waals surface area contributed by atoms with Crippen molar-refractivity contribution in [3.8, 4) is 0 Å². The van der Waals surface area contributed by atoms with Crippen molar-refractivity contribution in [3.63, 3.8) is 0 Å². The summed E-state index contributed by atoms with van der Waals surface area (Å²) in [6.07, 6.45) is -0.245. The minimum Gasteiger partial charge on any atom is -0.444 e. The van der Waals surface area contributed by atoms with Crippen molar-refractivity contribution >= 4 is 23.4 Å². The molecular weight excluding hydrogens is 340 g/mol. The summed E-state index contributed by atoms with van der Waals surface area (Å²) in [4.78, 5) is 20.9. The first-order chi connectivity index (χ1) is 12.8. The third-order valence-corrected chi connectivity index (χ3v) is 4.31. The number of aryl methyl sites for hydroxylation is 1. The fourth-order valence-electron chi connectivity index (χ4n) is 2.90. The Kier molecular flexibility index (Phi) is 5.54. The highest BCUT2D eigenvalue weighted by Crippen LogP contribution is 2.20. The third-order valence-electron chi connectivity index (χ3n) is 4.31. The molecular formula is C21H28N4O2. The quantitative estimate of drug-likeness (QED) is 0.880. The number of amides is 1. The zero-order chi connectivity index (χ0) is 19.4. The second-order valence-electron chi connectivity index (χ2n) is 7.83. The van der Waals surface area contributed by atoms with Gasteiger partial charge in [-0.1, -0.05) is 23.8 Å². The first-order valence-corrected chi connectivity index (χ1v) is 9.34. The normalized spacial score (nSPS) is 14.8. The largest absolute Gasteiger partial charge is 0.444 e. The molecule has 0 spiro atoms. The van der Waals surface area contributed by atoms with Gasteiger partial charge in [0.25, 0.3) is 0 Å². The number of anilines is 3. The Morgan fingerprint density at radius 2 is 1.70 bits per heavy atom. The molecule has 1 N–H and O–H groups in total. The highest BCUT2D eigenvalue weighted by Gasteiger charge is 2.26. The number of pyridine rings is 1. The van der Waals surface area contributed by atoms with Gasteiger partial charge in [-0.15, -0.1) is 0 Å². The fourth-order valence-corrected chi connectivity index (χ4v) is 2.90. The van der Waals surface area contributed by atoms with Crippen molar-refractivity contribution in [1.82, 2.24) is 9.88 Å². The van der Waals surface area contributed by atoms with Gasteiger partial charge >= 0.3 is 6.09 Å². The van der Waals surface area contributed by atoms with Gasteiger partial charge in [0.2, 0.25) is 0 Å². The van der Waals surface area contributed by atoms with Crippen LogP contribution in [-0.2, 0) is 4.74 Å². The van der Waals surface area contributed by atoms with E-state index in [9.17, 15) is 4.79 Å². The Labute approximate surface area is 161 Å². The van der Waals surface area contributed by atoms with Gasteiger partial charge < -0.3 is 19.9 Å². The van der Waals surface area contributed by atoms with Crippen molar-refractivity contribution in [3.05, 3.63) is 48.0 Å². The molecule has 27 heavy (non-hydrogen) atoms. The Balaban J connectivity index is 1.60. The van der Waals surface area contributed by atoms with E-state index in [2.05, 4.69) is 29.3 Å². The molecule has 1 saturated heterocycles. The van der Waals surface area contributed by atoms with Gasteiger partial charge in [-0.2, -0.15) is 0 Å². The maximum Gasteiger partial charge on any atom is 0.410 e. The Hall–Kier alpha value is -2.76. The molecule has 6 nitrogen and oxygen atoms in total. The van der Waals surface area contributed by atoms with E-state index in [0.29, 0.717) is 13.1 Å². The first kappa shape index (κ1) is 19.0. The summed E-state index contributed by atoms with van der Waals surface area (Å²) in [5, 5.41) is 3.34. The van der Waals surface area contributed by atoms with Gasteiger partial charge in [0, 0.05) is 31.9 Å². The van der Waals surface area contributed by atoms with Crippen molar-refractivity contribution in [1.29, 1.82) is 0 Å². The lowest BCUT2D eigenvalue weighted by Crippen LogP contribution is -2.50. The second-order valence-corrected chi connectivity index (χ2v) is 7.83. The molecule has 1 fully saturated rings. The van der Waals surface area contributed by atoms with Crippen LogP contribution in [0.3, 0.4) is 0 Å². The van der Waals surface area contributed by atoms with Gasteiger partial charge in [-0.05, 0) is 52.0 Å². The number of hydrogen-bond acceptors (Lipinski definition) is 5. The van der Waals surface area contributed by atoms with Gasteiger partial charge in [-0.25, -0.2) is 9.78 Å². The molecule has 0 saturated carbocycles. The molecule has 1 aromatic carbocycles. The van der Waals surface area contributed by atoms with E-state index in [1.54, 1.807) is 4.90 Å². The minimum atomic E-state index is -0.467. The summed E-state index contributed by atoms with van der Waals surface area (Å²) in [6.45, 7) is 10.5. The molecule has 2 aromatic rings. The smallest absolute Gasteiger partial charge is 0.410 e. The number of benzene rings is 1. The van der Waals surface area contributed by atoms with Crippen LogP contribution in [-0.4, -0.2) is 47.8 Å². The molecule has 144 valence electrons. The highest BCUT2D eigenvalue weighted by molar-refractivity contribution is 5.68. The van der Waals surface area contributed by atoms with Crippen molar-refractivity contribution in [2.45, 2.75) is 33.3 Å². The zero-order valence-corrected chi connectivity index (χ0v) is 16.5. The molecule has 0 radical (unpaired) electrons. The summed E-state index contributed by atoms with van der Waals surface area (Å²) in [5.74, 6) is 1.72. The molecule has 6 heteroatoms. The topological polar surface area (TPSA) is 57.7 Å². The molecule has 0 atom stereocenters. The van der Waals surface area contributed by atoms with E-state index < -0.39 is 5.60 Å². The fraction of sp³-hybridized carbons (Fsp3) is 0.429. The number of ether oxygens (including phenoxy) is 1. The number of piperazine rings is 1. The van der Waals surface area contributed by atoms with Crippen LogP contribution in [0.5, 0.6) is 0 Å². The zero-order valence-electron chi connectivity index (χ0n) is 16.5. The van der Waals surface area contributed by atoms with Gasteiger partial charge in [0.15, 0.2) is 0 Å². The molecule has 0 bridgehead atoms. The molecule has 1 amide bonds. The van der Waals surface area contributed by atoms with Crippen LogP contribution < -0.4 is 10.2 Å². The van der Waals surface area contributed by atoms with E-state index >= 15 is 0 Å². The van der Waals surface area contributed by atoms with Gasteiger partial charge in [0.05, 0.1) is 0 Å². The average molecular weight is 368 g/mol. The first-order valence-electron chi connectivity index (χ1n) is 9.34. The van der Waals surface area contributed by atoms with E-state index in [0.717, 1.165) is 30.4 Å². The summed E-state index contributed by atoms with van der Waals surface area (Å²) >= 11 is 0. The number of carbonyl (C=O) groups is 1. The third kappa shape index (κ3) is 5.36. The van der Waals surface area contributed by atoms with Gasteiger partial charge in [-0.3, -0.25) is 0 Å². The summed E-state index contributed by atoms with van der Waals surface area (Å²) < 4.78 is 5.45. The number of carbonyl (C=O) groups excluding carboxylic acids is 1. The molecule has 0 unspecified atom stereocenters. The molecule has 2 heterocycles.